The van der Waals surface area contributed by atoms with E-state index in [1.807, 2.05) is 0 Å². The van der Waals surface area contributed by atoms with Gasteiger partial charge in [0.15, 0.2) is 0 Å². The lowest BCUT2D eigenvalue weighted by Gasteiger charge is -2.17. The largest absolute Gasteiger partial charge is 0.379 e. The van der Waals surface area contributed by atoms with E-state index in [4.69, 9.17) is 4.36 Å². The summed E-state index contributed by atoms with van der Waals surface area (Å²) < 4.78 is 5.02. The van der Waals surface area contributed by atoms with E-state index in [-0.39, 0.29) is 10.7 Å². The molecule has 3 aromatic rings. The maximum atomic E-state index is 5.02. The molecule has 1 N–H and O–H groups in total. The molecule has 0 fully saturated rings. The monoisotopic (exact) mass is 404 g/mol. The molecule has 3 rings (SSSR count). The Kier molecular flexibility index (Phi) is 7.65. The van der Waals surface area contributed by atoms with Crippen molar-refractivity contribution in [2.24, 2.45) is 4.36 Å². The molecule has 29 heavy (non-hydrogen) atoms. The van der Waals surface area contributed by atoms with Gasteiger partial charge in [-0.3, -0.25) is 0 Å². The molecule has 0 bridgehead atoms. The van der Waals surface area contributed by atoms with Gasteiger partial charge in [-0.25, -0.2) is 4.36 Å². The molecular formula is C26H32N2S. The number of benzene rings is 3. The summed E-state index contributed by atoms with van der Waals surface area (Å²) in [5.41, 5.74) is 7.94. The van der Waals surface area contributed by atoms with Crippen LogP contribution in [-0.4, -0.2) is 6.26 Å². The number of nitrogens with one attached hydrogen (secondary N) is 1. The smallest absolute Gasteiger partial charge is 0.0938 e. The van der Waals surface area contributed by atoms with Gasteiger partial charge >= 0.3 is 0 Å². The van der Waals surface area contributed by atoms with E-state index in [2.05, 4.69) is 99.1 Å². The van der Waals surface area contributed by atoms with Crippen molar-refractivity contribution in [3.05, 3.63) is 89.0 Å². The molecule has 0 saturated heterocycles. The first-order valence-corrected chi connectivity index (χ1v) is 12.1. The number of aryl methyl sites for hydroxylation is 3. The molecular weight excluding hydrogens is 372 g/mol. The normalized spacial score (nSPS) is 12.1. The Balaban J connectivity index is 1.88. The summed E-state index contributed by atoms with van der Waals surface area (Å²) in [5.74, 6) is 0. The van der Waals surface area contributed by atoms with E-state index >= 15 is 0 Å². The predicted octanol–water partition coefficient (Wildman–Crippen LogP) is 7.11. The first kappa shape index (κ1) is 21.3. The number of anilines is 1. The number of para-hydroxylation sites is 1. The molecule has 3 aromatic carbocycles. The van der Waals surface area contributed by atoms with Crippen LogP contribution in [0.4, 0.5) is 11.4 Å². The van der Waals surface area contributed by atoms with Crippen molar-refractivity contribution in [1.82, 2.24) is 0 Å². The maximum absolute atomic E-state index is 5.02. The standard InChI is InChI=1S/C26H32N2S/c1-5-20-17-21(6-2)24(22(7-3)18-20)19-27-25-15-11-12-16-26(25)28-29(4)23-13-9-8-10-14-23/h8-18,27H,5-7,19H2,1-4H3. The summed E-state index contributed by atoms with van der Waals surface area (Å²) >= 11 is 0. The SMILES string of the molecule is CCc1cc(CC)c(CNc2ccccc2N=S(C)c2ccccc2)c(CC)c1. The fraction of sp³-hybridized carbons (Fsp3) is 0.308. The summed E-state index contributed by atoms with van der Waals surface area (Å²) in [7, 11) is -0.174. The quantitative estimate of drug-likeness (QED) is 0.425. The van der Waals surface area contributed by atoms with Crippen molar-refractivity contribution in [3.63, 3.8) is 0 Å². The van der Waals surface area contributed by atoms with E-state index in [1.165, 1.54) is 27.1 Å². The Morgan fingerprint density at radius 2 is 1.41 bits per heavy atom. The molecule has 1 atom stereocenters. The summed E-state index contributed by atoms with van der Waals surface area (Å²) in [6.45, 7) is 7.58. The highest BCUT2D eigenvalue weighted by Gasteiger charge is 2.10. The van der Waals surface area contributed by atoms with Crippen LogP contribution in [0.5, 0.6) is 0 Å². The van der Waals surface area contributed by atoms with Crippen LogP contribution in [0.1, 0.15) is 43.0 Å². The maximum Gasteiger partial charge on any atom is 0.0938 e. The Hall–Kier alpha value is -2.39. The minimum absolute atomic E-state index is 0.174. The van der Waals surface area contributed by atoms with Crippen molar-refractivity contribution >= 4 is 22.1 Å². The number of hydrogen-bond donors (Lipinski definition) is 1. The zero-order valence-electron chi connectivity index (χ0n) is 18.0. The van der Waals surface area contributed by atoms with Crippen molar-refractivity contribution in [1.29, 1.82) is 0 Å². The molecule has 0 amide bonds. The topological polar surface area (TPSA) is 24.4 Å². The molecule has 0 aliphatic heterocycles. The molecule has 0 spiro atoms. The summed E-state index contributed by atoms with van der Waals surface area (Å²) in [6.07, 6.45) is 5.40. The second kappa shape index (κ2) is 10.4. The minimum atomic E-state index is -0.174. The van der Waals surface area contributed by atoms with Gasteiger partial charge in [-0.15, -0.1) is 0 Å². The van der Waals surface area contributed by atoms with Crippen LogP contribution < -0.4 is 5.32 Å². The lowest BCUT2D eigenvalue weighted by Crippen LogP contribution is -2.07. The average Bonchev–Trinajstić information content (AvgIpc) is 2.78. The molecule has 0 aliphatic carbocycles. The van der Waals surface area contributed by atoms with E-state index < -0.39 is 0 Å². The summed E-state index contributed by atoms with van der Waals surface area (Å²) in [4.78, 5) is 1.26. The Morgan fingerprint density at radius 1 is 0.793 bits per heavy atom. The van der Waals surface area contributed by atoms with Crippen LogP contribution in [0.25, 0.3) is 0 Å². The molecule has 3 heteroatoms. The molecule has 2 nitrogen and oxygen atoms in total. The average molecular weight is 405 g/mol. The Labute approximate surface area is 178 Å². The van der Waals surface area contributed by atoms with E-state index in [0.717, 1.165) is 37.2 Å². The third-order valence-electron chi connectivity index (χ3n) is 5.34. The Bertz CT molecular complexity index is 952. The molecule has 1 unspecified atom stereocenters. The molecule has 0 radical (unpaired) electrons. The van der Waals surface area contributed by atoms with Gasteiger partial charge in [0.1, 0.15) is 0 Å². The highest BCUT2D eigenvalue weighted by molar-refractivity contribution is 7.86. The zero-order valence-corrected chi connectivity index (χ0v) is 18.9. The van der Waals surface area contributed by atoms with E-state index in [1.54, 1.807) is 0 Å². The van der Waals surface area contributed by atoms with Gasteiger partial charge < -0.3 is 5.32 Å². The van der Waals surface area contributed by atoms with Crippen molar-refractivity contribution < 1.29 is 0 Å². The van der Waals surface area contributed by atoms with Crippen LogP contribution >= 0.6 is 0 Å². The van der Waals surface area contributed by atoms with Gasteiger partial charge in [0.2, 0.25) is 0 Å². The van der Waals surface area contributed by atoms with Crippen LogP contribution in [-0.2, 0) is 36.5 Å². The number of hydrogen-bond acceptors (Lipinski definition) is 2. The first-order valence-electron chi connectivity index (χ1n) is 10.6. The first-order chi connectivity index (χ1) is 14.2. The fourth-order valence-electron chi connectivity index (χ4n) is 3.64. The lowest BCUT2D eigenvalue weighted by atomic mass is 9.93. The van der Waals surface area contributed by atoms with Gasteiger partial charge in [0, 0.05) is 11.4 Å². The highest BCUT2D eigenvalue weighted by Crippen LogP contribution is 2.28. The van der Waals surface area contributed by atoms with E-state index in [0.29, 0.717) is 0 Å². The fourth-order valence-corrected chi connectivity index (χ4v) is 4.75. The van der Waals surface area contributed by atoms with Crippen LogP contribution in [0.2, 0.25) is 0 Å². The second-order valence-corrected chi connectivity index (χ2v) is 8.82. The molecule has 0 aliphatic rings. The zero-order chi connectivity index (χ0) is 20.6. The summed E-state index contributed by atoms with van der Waals surface area (Å²) in [6, 6.07) is 23.7. The number of nitrogens with zero attached hydrogens (tertiary/aromatic N) is 1. The summed E-state index contributed by atoms with van der Waals surface area (Å²) in [5, 5.41) is 3.68. The van der Waals surface area contributed by atoms with Crippen molar-refractivity contribution in [3.8, 4) is 0 Å². The second-order valence-electron chi connectivity index (χ2n) is 7.21. The molecule has 0 heterocycles. The number of rotatable bonds is 8. The van der Waals surface area contributed by atoms with Gasteiger partial charge in [-0.2, -0.15) is 0 Å². The van der Waals surface area contributed by atoms with Crippen LogP contribution in [0, 0.1) is 0 Å². The molecule has 0 aromatic heterocycles. The molecule has 0 saturated carbocycles. The van der Waals surface area contributed by atoms with E-state index in [9.17, 15) is 0 Å². The predicted molar refractivity (Wildman–Crippen MR) is 128 cm³/mol. The highest BCUT2D eigenvalue weighted by atomic mass is 32.2. The molecule has 152 valence electrons. The van der Waals surface area contributed by atoms with Crippen LogP contribution in [0.3, 0.4) is 0 Å². The third-order valence-corrected chi connectivity index (χ3v) is 6.77. The van der Waals surface area contributed by atoms with Crippen molar-refractivity contribution in [2.45, 2.75) is 51.5 Å². The lowest BCUT2D eigenvalue weighted by molar-refractivity contribution is 0.968. The van der Waals surface area contributed by atoms with Gasteiger partial charge in [-0.1, -0.05) is 73.9 Å². The van der Waals surface area contributed by atoms with Gasteiger partial charge in [0.05, 0.1) is 11.4 Å². The van der Waals surface area contributed by atoms with Gasteiger partial charge in [-0.05, 0) is 72.0 Å². The minimum Gasteiger partial charge on any atom is -0.379 e. The van der Waals surface area contributed by atoms with Crippen molar-refractivity contribution in [2.75, 3.05) is 11.6 Å². The Morgan fingerprint density at radius 3 is 2.03 bits per heavy atom. The van der Waals surface area contributed by atoms with Crippen LogP contribution in [0.15, 0.2) is 76.0 Å². The van der Waals surface area contributed by atoms with Gasteiger partial charge in [0.25, 0.3) is 0 Å². The third kappa shape index (κ3) is 5.36.